The van der Waals surface area contributed by atoms with E-state index in [1.165, 1.54) is 23.1 Å². The van der Waals surface area contributed by atoms with Crippen LogP contribution in [0.1, 0.15) is 23.1 Å². The quantitative estimate of drug-likeness (QED) is 0.195. The minimum Gasteiger partial charge on any atom is -0.385 e. The highest BCUT2D eigenvalue weighted by Gasteiger charge is 2.22. The molecule has 7 nitrogen and oxygen atoms in total. The number of H-pyrrole nitrogens is 1. The molecule has 0 fully saturated rings. The largest absolute Gasteiger partial charge is 0.385 e. The maximum atomic E-state index is 13.7. The first-order valence-corrected chi connectivity index (χ1v) is 13.6. The number of methoxy groups -OCH3 is 1. The monoisotopic (exact) mass is 564 g/mol. The Morgan fingerprint density at radius 1 is 1.02 bits per heavy atom. The van der Waals surface area contributed by atoms with Crippen LogP contribution in [0.5, 0.6) is 0 Å². The molecule has 0 bridgehead atoms. The van der Waals surface area contributed by atoms with E-state index in [1.54, 1.807) is 12.0 Å². The molecule has 210 valence electrons. The number of ether oxygens (including phenoxy) is 1. The summed E-state index contributed by atoms with van der Waals surface area (Å²) in [5, 5.41) is 3.76. The van der Waals surface area contributed by atoms with Crippen LogP contribution in [0.25, 0.3) is 10.9 Å². The van der Waals surface area contributed by atoms with Gasteiger partial charge in [0.05, 0.1) is 5.02 Å². The number of carbonyl (C=O) groups is 2. The molecule has 2 N–H and O–H groups in total. The molecule has 4 rings (SSSR count). The molecule has 0 radical (unpaired) electrons. The number of nitrogens with one attached hydrogen (secondary N) is 2. The summed E-state index contributed by atoms with van der Waals surface area (Å²) in [6, 6.07) is 19.6. The summed E-state index contributed by atoms with van der Waals surface area (Å²) in [5.41, 5.74) is 4.67. The fourth-order valence-corrected chi connectivity index (χ4v) is 4.67. The number of rotatable bonds is 12. The van der Waals surface area contributed by atoms with Gasteiger partial charge in [-0.05, 0) is 55.2 Å². The topological polar surface area (TPSA) is 77.7 Å². The zero-order chi connectivity index (χ0) is 28.5. The lowest BCUT2D eigenvalue weighted by Gasteiger charge is -2.28. The number of benzene rings is 3. The zero-order valence-corrected chi connectivity index (χ0v) is 23.5. The Balaban J connectivity index is 1.51. The fraction of sp³-hybridized carbons (Fsp3) is 0.290. The van der Waals surface area contributed by atoms with Gasteiger partial charge in [0, 0.05) is 56.1 Å². The molecule has 0 aliphatic rings. The van der Waals surface area contributed by atoms with Gasteiger partial charge in [-0.2, -0.15) is 0 Å². The molecule has 0 saturated heterocycles. The van der Waals surface area contributed by atoms with Gasteiger partial charge in [0.15, 0.2) is 0 Å². The molecular formula is C31H34ClFN4O3. The Morgan fingerprint density at radius 3 is 2.55 bits per heavy atom. The number of hydrogen-bond donors (Lipinski definition) is 2. The Labute approximate surface area is 238 Å². The number of hydrogen-bond acceptors (Lipinski definition) is 3. The Bertz CT molecular complexity index is 1440. The Morgan fingerprint density at radius 2 is 1.80 bits per heavy atom. The molecule has 1 aromatic heterocycles. The maximum absolute atomic E-state index is 13.7. The first-order valence-electron chi connectivity index (χ1n) is 13.2. The lowest BCUT2D eigenvalue weighted by Crippen LogP contribution is -2.45. The van der Waals surface area contributed by atoms with Crippen molar-refractivity contribution < 1.29 is 18.7 Å². The van der Waals surface area contributed by atoms with Crippen LogP contribution in [0.15, 0.2) is 72.9 Å². The van der Waals surface area contributed by atoms with Gasteiger partial charge < -0.3 is 24.8 Å². The Kier molecular flexibility index (Phi) is 10.2. The molecule has 0 spiro atoms. The minimum atomic E-state index is -0.575. The van der Waals surface area contributed by atoms with Crippen molar-refractivity contribution in [2.45, 2.75) is 26.3 Å². The minimum absolute atomic E-state index is 0.0960. The Hall–Kier alpha value is -3.88. The number of amides is 3. The molecule has 3 aromatic carbocycles. The predicted molar refractivity (Wildman–Crippen MR) is 157 cm³/mol. The third kappa shape index (κ3) is 7.83. The summed E-state index contributed by atoms with van der Waals surface area (Å²) >= 11 is 5.89. The maximum Gasteiger partial charge on any atom is 0.322 e. The number of anilines is 1. The molecule has 0 atom stereocenters. The number of nitrogens with zero attached hydrogens (tertiary/aromatic N) is 2. The molecule has 1 heterocycles. The highest BCUT2D eigenvalue weighted by Crippen LogP contribution is 2.21. The van der Waals surface area contributed by atoms with Gasteiger partial charge in [0.2, 0.25) is 5.91 Å². The van der Waals surface area contributed by atoms with Gasteiger partial charge in [-0.15, -0.1) is 0 Å². The first kappa shape index (κ1) is 29.1. The van der Waals surface area contributed by atoms with Crippen LogP contribution in [0.3, 0.4) is 0 Å². The lowest BCUT2D eigenvalue weighted by atomic mass is 10.1. The summed E-state index contributed by atoms with van der Waals surface area (Å²) in [4.78, 5) is 33.5. The molecular weight excluding hydrogens is 531 g/mol. The summed E-state index contributed by atoms with van der Waals surface area (Å²) < 4.78 is 18.8. The highest BCUT2D eigenvalue weighted by atomic mass is 35.5. The fourth-order valence-electron chi connectivity index (χ4n) is 4.49. The number of aromatic amines is 1. The number of fused-ring (bicyclic) bond motifs is 1. The molecule has 0 aliphatic carbocycles. The van der Waals surface area contributed by atoms with Crippen LogP contribution in [-0.2, 0) is 22.5 Å². The van der Waals surface area contributed by atoms with Crippen molar-refractivity contribution in [3.05, 3.63) is 100 Å². The molecule has 3 amide bonds. The number of carbonyl (C=O) groups excluding carboxylic acids is 2. The number of aryl methyl sites for hydroxylation is 1. The molecule has 0 saturated carbocycles. The smallest absolute Gasteiger partial charge is 0.322 e. The van der Waals surface area contributed by atoms with E-state index in [9.17, 15) is 14.0 Å². The van der Waals surface area contributed by atoms with Gasteiger partial charge in [-0.3, -0.25) is 4.79 Å². The van der Waals surface area contributed by atoms with Crippen molar-refractivity contribution in [3.8, 4) is 0 Å². The van der Waals surface area contributed by atoms with Gasteiger partial charge in [0.1, 0.15) is 12.4 Å². The van der Waals surface area contributed by atoms with E-state index in [4.69, 9.17) is 16.3 Å². The van der Waals surface area contributed by atoms with Crippen molar-refractivity contribution in [3.63, 3.8) is 0 Å². The third-order valence-corrected chi connectivity index (χ3v) is 7.02. The lowest BCUT2D eigenvalue weighted by molar-refractivity contribution is -0.132. The van der Waals surface area contributed by atoms with E-state index < -0.39 is 11.8 Å². The second-order valence-electron chi connectivity index (χ2n) is 9.74. The van der Waals surface area contributed by atoms with Crippen LogP contribution in [0.4, 0.5) is 14.9 Å². The third-order valence-electron chi connectivity index (χ3n) is 6.73. The number of para-hydroxylation sites is 1. The second kappa shape index (κ2) is 14.0. The van der Waals surface area contributed by atoms with E-state index >= 15 is 0 Å². The summed E-state index contributed by atoms with van der Waals surface area (Å²) in [7, 11) is 1.59. The summed E-state index contributed by atoms with van der Waals surface area (Å²) in [6.07, 6.45) is 3.19. The average Bonchev–Trinajstić information content (AvgIpc) is 3.36. The molecule has 9 heteroatoms. The van der Waals surface area contributed by atoms with E-state index in [1.807, 2.05) is 55.6 Å². The normalized spacial score (nSPS) is 11.0. The molecule has 40 heavy (non-hydrogen) atoms. The number of aromatic nitrogens is 1. The number of urea groups is 1. The predicted octanol–water partition coefficient (Wildman–Crippen LogP) is 6.41. The van der Waals surface area contributed by atoms with E-state index in [0.717, 1.165) is 27.6 Å². The molecule has 4 aromatic rings. The second-order valence-corrected chi connectivity index (χ2v) is 10.1. The van der Waals surface area contributed by atoms with Gasteiger partial charge in [-0.1, -0.05) is 59.6 Å². The van der Waals surface area contributed by atoms with Crippen LogP contribution in [-0.4, -0.2) is 60.1 Å². The van der Waals surface area contributed by atoms with Crippen molar-refractivity contribution in [1.82, 2.24) is 14.8 Å². The van der Waals surface area contributed by atoms with E-state index in [2.05, 4.69) is 16.4 Å². The van der Waals surface area contributed by atoms with Gasteiger partial charge in [0.25, 0.3) is 0 Å². The van der Waals surface area contributed by atoms with Gasteiger partial charge in [-0.25, -0.2) is 9.18 Å². The average molecular weight is 565 g/mol. The highest BCUT2D eigenvalue weighted by molar-refractivity contribution is 6.31. The van der Waals surface area contributed by atoms with E-state index in [0.29, 0.717) is 44.8 Å². The van der Waals surface area contributed by atoms with Crippen LogP contribution >= 0.6 is 11.6 Å². The van der Waals surface area contributed by atoms with Crippen molar-refractivity contribution in [1.29, 1.82) is 0 Å². The van der Waals surface area contributed by atoms with Crippen LogP contribution < -0.4 is 5.32 Å². The summed E-state index contributed by atoms with van der Waals surface area (Å²) in [6.45, 7) is 3.55. The SMILES string of the molecule is COCCCN(CC(=O)N(CCc1c[nH]c2ccccc12)Cc1ccc(C)cc1)C(=O)Nc1ccc(F)c(Cl)c1. The van der Waals surface area contributed by atoms with Crippen molar-refractivity contribution in [2.24, 2.45) is 0 Å². The zero-order valence-electron chi connectivity index (χ0n) is 22.8. The first-order chi connectivity index (χ1) is 19.3. The van der Waals surface area contributed by atoms with Crippen molar-refractivity contribution >= 4 is 40.1 Å². The van der Waals surface area contributed by atoms with Crippen LogP contribution in [0, 0.1) is 12.7 Å². The number of halogens is 2. The molecule has 0 aliphatic heterocycles. The van der Waals surface area contributed by atoms with Gasteiger partial charge >= 0.3 is 6.03 Å². The summed E-state index contributed by atoms with van der Waals surface area (Å²) in [5.74, 6) is -0.751. The van der Waals surface area contributed by atoms with Crippen molar-refractivity contribution in [2.75, 3.05) is 38.7 Å². The van der Waals surface area contributed by atoms with Crippen LogP contribution in [0.2, 0.25) is 5.02 Å². The standard InChI is InChI=1S/C31H34ClFN4O3/c1-22-8-10-23(11-9-22)20-36(16-14-24-19-34-29-7-4-3-6-26(24)29)30(38)21-37(15-5-17-40-2)31(39)35-25-12-13-28(33)27(32)18-25/h3-4,6-13,18-19,34H,5,14-17,20-21H2,1-2H3,(H,35,39). The molecule has 0 unspecified atom stereocenters. The van der Waals surface area contributed by atoms with E-state index in [-0.39, 0.29) is 17.5 Å².